The van der Waals surface area contributed by atoms with Crippen LogP contribution < -0.4 is 14.4 Å². The van der Waals surface area contributed by atoms with Gasteiger partial charge in [0.1, 0.15) is 24.1 Å². The monoisotopic (exact) mass is 627 g/mol. The Morgan fingerprint density at radius 3 is 1.93 bits per heavy atom. The molecule has 8 nitrogen and oxygen atoms in total. The zero-order valence-corrected chi connectivity index (χ0v) is 27.0. The van der Waals surface area contributed by atoms with Gasteiger partial charge in [0.2, 0.25) is 11.8 Å². The SMILES string of the molecule is CC[C@@H](C)NC(=O)[C@@H](CC)N(Cc1ccc(C)cc1)C(=O)CN(c1ccc(Oc2ccccc2)cc1)S(=O)(=O)c1ccccc1. The van der Waals surface area contributed by atoms with Crippen molar-refractivity contribution in [1.82, 2.24) is 10.2 Å². The molecule has 9 heteroatoms. The Labute approximate surface area is 266 Å². The molecule has 0 aliphatic heterocycles. The fourth-order valence-corrected chi connectivity index (χ4v) is 6.24. The number of para-hydroxylation sites is 1. The first-order chi connectivity index (χ1) is 21.6. The van der Waals surface area contributed by atoms with E-state index in [9.17, 15) is 18.0 Å². The van der Waals surface area contributed by atoms with Gasteiger partial charge in [-0.3, -0.25) is 13.9 Å². The largest absolute Gasteiger partial charge is 0.457 e. The molecule has 0 fully saturated rings. The maximum absolute atomic E-state index is 14.3. The maximum atomic E-state index is 14.3. The fraction of sp³-hybridized carbons (Fsp3) is 0.278. The number of carbonyl (C=O) groups excluding carboxylic acids is 2. The minimum absolute atomic E-state index is 0.0500. The lowest BCUT2D eigenvalue weighted by Gasteiger charge is -2.33. The number of hydrogen-bond donors (Lipinski definition) is 1. The predicted octanol–water partition coefficient (Wildman–Crippen LogP) is 6.70. The van der Waals surface area contributed by atoms with Gasteiger partial charge >= 0.3 is 0 Å². The number of carbonyl (C=O) groups is 2. The molecule has 0 bridgehead atoms. The van der Waals surface area contributed by atoms with Crippen LogP contribution in [0.15, 0.2) is 114 Å². The van der Waals surface area contributed by atoms with Crippen molar-refractivity contribution >= 4 is 27.5 Å². The molecule has 0 aliphatic carbocycles. The van der Waals surface area contributed by atoms with Gasteiger partial charge in [-0.1, -0.05) is 80.1 Å². The van der Waals surface area contributed by atoms with Gasteiger partial charge in [-0.2, -0.15) is 0 Å². The summed E-state index contributed by atoms with van der Waals surface area (Å²) in [6.07, 6.45) is 1.10. The molecule has 0 aromatic heterocycles. The zero-order chi connectivity index (χ0) is 32.4. The van der Waals surface area contributed by atoms with Crippen LogP contribution in [0, 0.1) is 6.92 Å². The highest BCUT2D eigenvalue weighted by Gasteiger charge is 2.34. The van der Waals surface area contributed by atoms with E-state index in [1.807, 2.05) is 82.3 Å². The Morgan fingerprint density at radius 1 is 0.778 bits per heavy atom. The summed E-state index contributed by atoms with van der Waals surface area (Å²) >= 11 is 0. The number of nitrogens with zero attached hydrogens (tertiary/aromatic N) is 2. The van der Waals surface area contributed by atoms with Gasteiger partial charge in [0, 0.05) is 12.6 Å². The second-order valence-corrected chi connectivity index (χ2v) is 12.8. The van der Waals surface area contributed by atoms with Crippen LogP contribution >= 0.6 is 0 Å². The highest BCUT2D eigenvalue weighted by Crippen LogP contribution is 2.28. The fourth-order valence-electron chi connectivity index (χ4n) is 4.80. The topological polar surface area (TPSA) is 96.0 Å². The van der Waals surface area contributed by atoms with Crippen LogP contribution in [0.4, 0.5) is 5.69 Å². The first kappa shape index (κ1) is 33.3. The zero-order valence-electron chi connectivity index (χ0n) is 26.2. The van der Waals surface area contributed by atoms with E-state index in [0.717, 1.165) is 21.9 Å². The summed E-state index contributed by atoms with van der Waals surface area (Å²) in [4.78, 5) is 29.2. The van der Waals surface area contributed by atoms with E-state index in [-0.39, 0.29) is 23.4 Å². The molecule has 0 radical (unpaired) electrons. The predicted molar refractivity (Wildman–Crippen MR) is 178 cm³/mol. The second-order valence-electron chi connectivity index (χ2n) is 11.0. The summed E-state index contributed by atoms with van der Waals surface area (Å²) in [5, 5.41) is 3.00. The van der Waals surface area contributed by atoms with Gasteiger partial charge in [-0.15, -0.1) is 0 Å². The molecule has 4 rings (SSSR count). The molecule has 2 atom stereocenters. The van der Waals surface area contributed by atoms with Crippen LogP contribution in [0.1, 0.15) is 44.7 Å². The van der Waals surface area contributed by atoms with Crippen molar-refractivity contribution in [3.8, 4) is 11.5 Å². The summed E-state index contributed by atoms with van der Waals surface area (Å²) < 4.78 is 35.1. The lowest BCUT2D eigenvalue weighted by molar-refractivity contribution is -0.140. The van der Waals surface area contributed by atoms with E-state index in [1.54, 1.807) is 42.5 Å². The Bertz CT molecular complexity index is 1640. The molecule has 4 aromatic carbocycles. The van der Waals surface area contributed by atoms with Crippen LogP contribution in [-0.2, 0) is 26.2 Å². The number of nitrogens with one attached hydrogen (secondary N) is 1. The quantitative estimate of drug-likeness (QED) is 0.168. The van der Waals surface area contributed by atoms with E-state index in [2.05, 4.69) is 5.32 Å². The third-order valence-corrected chi connectivity index (χ3v) is 9.36. The lowest BCUT2D eigenvalue weighted by atomic mass is 10.1. The molecule has 0 aliphatic rings. The van der Waals surface area contributed by atoms with Gasteiger partial charge in [0.15, 0.2) is 0 Å². The summed E-state index contributed by atoms with van der Waals surface area (Å²) in [5.41, 5.74) is 2.20. The number of anilines is 1. The first-order valence-corrected chi connectivity index (χ1v) is 16.6. The van der Waals surface area contributed by atoms with Crippen molar-refractivity contribution in [1.29, 1.82) is 0 Å². The van der Waals surface area contributed by atoms with Crippen LogP contribution in [0.3, 0.4) is 0 Å². The normalized spacial score (nSPS) is 12.5. The van der Waals surface area contributed by atoms with E-state index < -0.39 is 28.5 Å². The average molecular weight is 628 g/mol. The molecule has 0 spiro atoms. The van der Waals surface area contributed by atoms with Gasteiger partial charge in [0.05, 0.1) is 10.6 Å². The summed E-state index contributed by atoms with van der Waals surface area (Å²) in [7, 11) is -4.16. The van der Waals surface area contributed by atoms with Crippen LogP contribution in [0.5, 0.6) is 11.5 Å². The number of amides is 2. The number of ether oxygens (including phenoxy) is 1. The van der Waals surface area contributed by atoms with Crippen molar-refractivity contribution in [2.24, 2.45) is 0 Å². The van der Waals surface area contributed by atoms with Crippen LogP contribution in [0.25, 0.3) is 0 Å². The Kier molecular flexibility index (Phi) is 11.4. The minimum Gasteiger partial charge on any atom is -0.457 e. The highest BCUT2D eigenvalue weighted by molar-refractivity contribution is 7.92. The summed E-state index contributed by atoms with van der Waals surface area (Å²) in [6.45, 7) is 7.35. The number of aryl methyl sites for hydroxylation is 1. The molecular weight excluding hydrogens is 586 g/mol. The van der Waals surface area contributed by atoms with E-state index in [1.165, 1.54) is 17.0 Å². The van der Waals surface area contributed by atoms with E-state index >= 15 is 0 Å². The molecule has 0 heterocycles. The first-order valence-electron chi connectivity index (χ1n) is 15.2. The summed E-state index contributed by atoms with van der Waals surface area (Å²) in [5.74, 6) is 0.391. The molecule has 236 valence electrons. The van der Waals surface area contributed by atoms with Crippen LogP contribution in [0.2, 0.25) is 0 Å². The molecule has 4 aromatic rings. The average Bonchev–Trinajstić information content (AvgIpc) is 3.05. The molecule has 1 N–H and O–H groups in total. The van der Waals surface area contributed by atoms with Crippen molar-refractivity contribution in [3.63, 3.8) is 0 Å². The van der Waals surface area contributed by atoms with Gasteiger partial charge in [0.25, 0.3) is 10.0 Å². The third kappa shape index (κ3) is 8.73. The van der Waals surface area contributed by atoms with Crippen molar-refractivity contribution in [3.05, 3.63) is 120 Å². The second kappa shape index (κ2) is 15.4. The highest BCUT2D eigenvalue weighted by atomic mass is 32.2. The molecule has 2 amide bonds. The van der Waals surface area contributed by atoms with Gasteiger partial charge < -0.3 is 15.0 Å². The van der Waals surface area contributed by atoms with Crippen LogP contribution in [-0.4, -0.2) is 43.8 Å². The molecule has 0 saturated heterocycles. The lowest BCUT2D eigenvalue weighted by Crippen LogP contribution is -2.53. The number of rotatable bonds is 14. The molecular formula is C36H41N3O5S. The smallest absolute Gasteiger partial charge is 0.264 e. The van der Waals surface area contributed by atoms with Gasteiger partial charge in [-0.25, -0.2) is 8.42 Å². The van der Waals surface area contributed by atoms with Crippen molar-refractivity contribution < 1.29 is 22.7 Å². The Hall–Kier alpha value is -4.63. The Balaban J connectivity index is 1.71. The van der Waals surface area contributed by atoms with E-state index in [4.69, 9.17) is 4.74 Å². The summed E-state index contributed by atoms with van der Waals surface area (Å²) in [6, 6.07) is 30.7. The molecule has 0 unspecified atom stereocenters. The Morgan fingerprint density at radius 2 is 1.36 bits per heavy atom. The minimum atomic E-state index is -4.16. The van der Waals surface area contributed by atoms with Gasteiger partial charge in [-0.05, 0) is 80.8 Å². The third-order valence-electron chi connectivity index (χ3n) is 7.57. The standard InChI is InChI=1S/C36H41N3O5S/c1-5-28(4)37-36(41)34(6-2)38(25-29-19-17-27(3)18-20-29)35(40)26-39(45(42,43)33-15-11-8-12-16-33)30-21-23-32(24-22-30)44-31-13-9-7-10-14-31/h7-24,28,34H,5-6,25-26H2,1-4H3,(H,37,41)/t28-,34-/m1/s1. The van der Waals surface area contributed by atoms with E-state index in [0.29, 0.717) is 23.6 Å². The number of benzene rings is 4. The molecule has 45 heavy (non-hydrogen) atoms. The molecule has 0 saturated carbocycles. The number of hydrogen-bond acceptors (Lipinski definition) is 5. The maximum Gasteiger partial charge on any atom is 0.264 e. The number of sulfonamides is 1. The van der Waals surface area contributed by atoms with Crippen molar-refractivity contribution in [2.45, 2.75) is 64.1 Å². The van der Waals surface area contributed by atoms with Crippen molar-refractivity contribution in [2.75, 3.05) is 10.8 Å².